The third-order valence-corrected chi connectivity index (χ3v) is 5.20. The van der Waals surface area contributed by atoms with Crippen molar-refractivity contribution in [3.05, 3.63) is 95.3 Å². The number of hydrogen-bond acceptors (Lipinski definition) is 2. The molecule has 1 aliphatic rings. The normalized spacial score (nSPS) is 12.4. The average Bonchev–Trinajstić information content (AvgIpc) is 3.21. The second kappa shape index (κ2) is 6.36. The summed E-state index contributed by atoms with van der Waals surface area (Å²) in [5.74, 6) is -0.0743. The molecular formula is C24H18N2O. The van der Waals surface area contributed by atoms with Crippen LogP contribution in [0.25, 0.3) is 27.6 Å². The van der Waals surface area contributed by atoms with Crippen molar-refractivity contribution in [3.63, 3.8) is 0 Å². The lowest BCUT2D eigenvalue weighted by Crippen LogP contribution is -2.23. The van der Waals surface area contributed by atoms with E-state index in [1.807, 2.05) is 30.3 Å². The van der Waals surface area contributed by atoms with Crippen LogP contribution in [0, 0.1) is 0 Å². The van der Waals surface area contributed by atoms with Crippen LogP contribution in [0.2, 0.25) is 0 Å². The first-order chi connectivity index (χ1) is 13.3. The van der Waals surface area contributed by atoms with E-state index in [1.165, 1.54) is 16.5 Å². The fourth-order valence-electron chi connectivity index (χ4n) is 3.90. The van der Waals surface area contributed by atoms with Gasteiger partial charge in [-0.25, -0.2) is 0 Å². The molecule has 3 heteroatoms. The molecule has 0 radical (unpaired) electrons. The maximum atomic E-state index is 13.0. The molecule has 3 aromatic carbocycles. The zero-order valence-electron chi connectivity index (χ0n) is 14.8. The highest BCUT2D eigenvalue weighted by atomic mass is 16.1. The van der Waals surface area contributed by atoms with Gasteiger partial charge in [-0.1, -0.05) is 54.6 Å². The summed E-state index contributed by atoms with van der Waals surface area (Å²) in [5, 5.41) is 7.43. The summed E-state index contributed by atoms with van der Waals surface area (Å²) in [4.78, 5) is 17.2. The van der Waals surface area contributed by atoms with Gasteiger partial charge in [0.15, 0.2) is 0 Å². The number of amides is 1. The van der Waals surface area contributed by atoms with Crippen LogP contribution in [0.3, 0.4) is 0 Å². The first-order valence-electron chi connectivity index (χ1n) is 9.13. The number of benzene rings is 3. The predicted molar refractivity (Wildman–Crippen MR) is 110 cm³/mol. The molecule has 0 unspecified atom stereocenters. The molecule has 0 atom stereocenters. The summed E-state index contributed by atoms with van der Waals surface area (Å²) in [6.07, 6.45) is 7.10. The number of fused-ring (bicyclic) bond motifs is 5. The minimum Gasteiger partial charge on any atom is -0.346 e. The van der Waals surface area contributed by atoms with Crippen LogP contribution in [0.15, 0.2) is 72.9 Å². The predicted octanol–water partition coefficient (Wildman–Crippen LogP) is 4.89. The number of aromatic nitrogens is 1. The molecule has 1 aliphatic carbocycles. The Bertz CT molecular complexity index is 1210. The molecule has 1 aromatic heterocycles. The van der Waals surface area contributed by atoms with E-state index in [2.05, 4.69) is 52.8 Å². The standard InChI is InChI=1S/C24H18N2O/c27-24(26-15-18-7-1-2-14-25-18)22-9-4-6-17-11-12-20-19-8-3-5-16(19)10-13-21(20)23(17)22/h1-4,6-14H,5,15H2,(H,26,27). The molecule has 1 amide bonds. The Hall–Kier alpha value is -3.46. The first-order valence-corrected chi connectivity index (χ1v) is 9.13. The Morgan fingerprint density at radius 1 is 0.963 bits per heavy atom. The van der Waals surface area contributed by atoms with Gasteiger partial charge in [-0.2, -0.15) is 0 Å². The molecule has 0 saturated heterocycles. The lowest BCUT2D eigenvalue weighted by Gasteiger charge is -2.12. The van der Waals surface area contributed by atoms with Gasteiger partial charge in [0.2, 0.25) is 0 Å². The number of nitrogens with zero attached hydrogens (tertiary/aromatic N) is 1. The second-order valence-electron chi connectivity index (χ2n) is 6.81. The van der Waals surface area contributed by atoms with E-state index in [1.54, 1.807) is 6.20 Å². The topological polar surface area (TPSA) is 42.0 Å². The van der Waals surface area contributed by atoms with Crippen molar-refractivity contribution < 1.29 is 4.79 Å². The number of hydrogen-bond donors (Lipinski definition) is 1. The lowest BCUT2D eigenvalue weighted by molar-refractivity contribution is 0.0952. The van der Waals surface area contributed by atoms with Crippen LogP contribution >= 0.6 is 0 Å². The van der Waals surface area contributed by atoms with Crippen molar-refractivity contribution in [2.75, 3.05) is 0 Å². The van der Waals surface area contributed by atoms with Gasteiger partial charge in [0, 0.05) is 17.1 Å². The number of nitrogens with one attached hydrogen (secondary N) is 1. The summed E-state index contributed by atoms with van der Waals surface area (Å²) in [6.45, 7) is 0.416. The molecule has 1 N–H and O–H groups in total. The minimum atomic E-state index is -0.0743. The molecule has 0 saturated carbocycles. The number of pyridine rings is 1. The van der Waals surface area contributed by atoms with Crippen LogP contribution in [0.5, 0.6) is 0 Å². The second-order valence-corrected chi connectivity index (χ2v) is 6.81. The van der Waals surface area contributed by atoms with Crippen molar-refractivity contribution in [3.8, 4) is 0 Å². The van der Waals surface area contributed by atoms with E-state index in [9.17, 15) is 4.79 Å². The van der Waals surface area contributed by atoms with E-state index in [-0.39, 0.29) is 5.91 Å². The highest BCUT2D eigenvalue weighted by Gasteiger charge is 2.15. The Morgan fingerprint density at radius 3 is 2.78 bits per heavy atom. The van der Waals surface area contributed by atoms with Crippen molar-refractivity contribution >= 4 is 33.5 Å². The fourth-order valence-corrected chi connectivity index (χ4v) is 3.90. The Balaban J connectivity index is 1.61. The van der Waals surface area contributed by atoms with Gasteiger partial charge in [0.25, 0.3) is 5.91 Å². The van der Waals surface area contributed by atoms with Crippen LogP contribution in [-0.4, -0.2) is 10.9 Å². The molecule has 27 heavy (non-hydrogen) atoms. The maximum Gasteiger partial charge on any atom is 0.252 e. The molecular weight excluding hydrogens is 332 g/mol. The van der Waals surface area contributed by atoms with Crippen LogP contribution in [-0.2, 0) is 13.0 Å². The number of rotatable bonds is 3. The van der Waals surface area contributed by atoms with Gasteiger partial charge in [-0.15, -0.1) is 0 Å². The number of allylic oxidation sites excluding steroid dienone is 1. The lowest BCUT2D eigenvalue weighted by atomic mass is 9.93. The molecule has 0 bridgehead atoms. The van der Waals surface area contributed by atoms with Crippen molar-refractivity contribution in [1.82, 2.24) is 10.3 Å². The largest absolute Gasteiger partial charge is 0.346 e. The Labute approximate surface area is 157 Å². The third kappa shape index (κ3) is 2.68. The third-order valence-electron chi connectivity index (χ3n) is 5.20. The van der Waals surface area contributed by atoms with Crippen LogP contribution < -0.4 is 5.32 Å². The quantitative estimate of drug-likeness (QED) is 0.535. The van der Waals surface area contributed by atoms with E-state index in [0.717, 1.165) is 28.3 Å². The van der Waals surface area contributed by atoms with Gasteiger partial charge in [0.1, 0.15) is 0 Å². The van der Waals surface area contributed by atoms with Gasteiger partial charge < -0.3 is 5.32 Å². The molecule has 0 fully saturated rings. The Kier molecular flexibility index (Phi) is 3.72. The monoisotopic (exact) mass is 350 g/mol. The van der Waals surface area contributed by atoms with Crippen molar-refractivity contribution in [2.45, 2.75) is 13.0 Å². The zero-order valence-corrected chi connectivity index (χ0v) is 14.8. The van der Waals surface area contributed by atoms with Gasteiger partial charge in [-0.3, -0.25) is 9.78 Å². The van der Waals surface area contributed by atoms with Gasteiger partial charge >= 0.3 is 0 Å². The fraction of sp³-hybridized carbons (Fsp3) is 0.0833. The molecule has 0 aliphatic heterocycles. The van der Waals surface area contributed by atoms with Crippen LogP contribution in [0.1, 0.15) is 27.2 Å². The van der Waals surface area contributed by atoms with Gasteiger partial charge in [-0.05, 0) is 51.9 Å². The Morgan fingerprint density at radius 2 is 1.89 bits per heavy atom. The molecule has 4 aromatic rings. The van der Waals surface area contributed by atoms with E-state index in [4.69, 9.17) is 0 Å². The van der Waals surface area contributed by atoms with E-state index >= 15 is 0 Å². The summed E-state index contributed by atoms with van der Waals surface area (Å²) in [5.41, 5.74) is 4.17. The molecule has 1 heterocycles. The van der Waals surface area contributed by atoms with Crippen molar-refractivity contribution in [1.29, 1.82) is 0 Å². The highest BCUT2D eigenvalue weighted by Crippen LogP contribution is 2.34. The van der Waals surface area contributed by atoms with Crippen molar-refractivity contribution in [2.24, 2.45) is 0 Å². The molecule has 0 spiro atoms. The number of carbonyl (C=O) groups is 1. The summed E-state index contributed by atoms with van der Waals surface area (Å²) < 4.78 is 0. The maximum absolute atomic E-state index is 13.0. The molecule has 130 valence electrons. The highest BCUT2D eigenvalue weighted by molar-refractivity contribution is 6.19. The molecule has 3 nitrogen and oxygen atoms in total. The van der Waals surface area contributed by atoms with Gasteiger partial charge in [0.05, 0.1) is 12.2 Å². The van der Waals surface area contributed by atoms with E-state index in [0.29, 0.717) is 12.1 Å². The SMILES string of the molecule is O=C(NCc1ccccn1)c1cccc2ccc3c4c(ccc3c12)CC=C4. The van der Waals surface area contributed by atoms with Crippen LogP contribution in [0.4, 0.5) is 0 Å². The summed E-state index contributed by atoms with van der Waals surface area (Å²) >= 11 is 0. The first kappa shape index (κ1) is 15.8. The smallest absolute Gasteiger partial charge is 0.252 e. The summed E-state index contributed by atoms with van der Waals surface area (Å²) in [6, 6.07) is 20.2. The molecule has 5 rings (SSSR count). The number of carbonyl (C=O) groups excluding carboxylic acids is 1. The average molecular weight is 350 g/mol. The zero-order chi connectivity index (χ0) is 18.2. The minimum absolute atomic E-state index is 0.0743. The van der Waals surface area contributed by atoms with E-state index < -0.39 is 0 Å². The summed E-state index contributed by atoms with van der Waals surface area (Å²) in [7, 11) is 0.